The van der Waals surface area contributed by atoms with Crippen molar-refractivity contribution in [2.24, 2.45) is 0 Å². The summed E-state index contributed by atoms with van der Waals surface area (Å²) in [6.45, 7) is 3.39. The first-order valence-electron chi connectivity index (χ1n) is 11.1. The van der Waals surface area contributed by atoms with E-state index < -0.39 is 29.9 Å². The zero-order valence-corrected chi connectivity index (χ0v) is 18.9. The molecule has 2 aliphatic rings. The zero-order valence-electron chi connectivity index (χ0n) is 18.9. The molecule has 3 aromatic rings. The first-order chi connectivity index (χ1) is 16.3. The second-order valence-electron chi connectivity index (χ2n) is 8.79. The minimum absolute atomic E-state index is 0.0247. The lowest BCUT2D eigenvalue weighted by Crippen LogP contribution is -2.42. The summed E-state index contributed by atoms with van der Waals surface area (Å²) in [6.07, 6.45) is 0.703. The van der Waals surface area contributed by atoms with Gasteiger partial charge in [-0.15, -0.1) is 0 Å². The van der Waals surface area contributed by atoms with Gasteiger partial charge in [-0.05, 0) is 53.4 Å². The van der Waals surface area contributed by atoms with E-state index in [1.165, 1.54) is 6.92 Å². The van der Waals surface area contributed by atoms with Crippen LogP contribution in [0.1, 0.15) is 25.0 Å². The highest BCUT2D eigenvalue weighted by Gasteiger charge is 2.50. The molecule has 1 atom stereocenters. The number of urea groups is 1. The van der Waals surface area contributed by atoms with Crippen molar-refractivity contribution in [3.05, 3.63) is 71.8 Å². The van der Waals surface area contributed by atoms with E-state index in [9.17, 15) is 19.2 Å². The summed E-state index contributed by atoms with van der Waals surface area (Å²) in [4.78, 5) is 53.2. The highest BCUT2D eigenvalue weighted by Crippen LogP contribution is 2.34. The van der Waals surface area contributed by atoms with Crippen LogP contribution < -0.4 is 15.5 Å². The fourth-order valence-corrected chi connectivity index (χ4v) is 4.84. The summed E-state index contributed by atoms with van der Waals surface area (Å²) >= 11 is 0. The molecule has 1 saturated heterocycles. The van der Waals surface area contributed by atoms with Crippen molar-refractivity contribution >= 4 is 45.9 Å². The van der Waals surface area contributed by atoms with Crippen LogP contribution in [0.15, 0.2) is 60.7 Å². The van der Waals surface area contributed by atoms with Crippen molar-refractivity contribution in [3.8, 4) is 0 Å². The van der Waals surface area contributed by atoms with Gasteiger partial charge in [0.2, 0.25) is 11.8 Å². The number of fused-ring (bicyclic) bond motifs is 2. The number of benzene rings is 3. The number of nitrogens with one attached hydrogen (secondary N) is 2. The van der Waals surface area contributed by atoms with Gasteiger partial charge in [0.15, 0.2) is 0 Å². The Kier molecular flexibility index (Phi) is 5.08. The van der Waals surface area contributed by atoms with Crippen LogP contribution >= 0.6 is 0 Å². The van der Waals surface area contributed by atoms with E-state index in [4.69, 9.17) is 0 Å². The van der Waals surface area contributed by atoms with Gasteiger partial charge in [-0.1, -0.05) is 42.5 Å². The molecule has 172 valence electrons. The Hall–Kier alpha value is -4.20. The molecule has 0 aromatic heterocycles. The van der Waals surface area contributed by atoms with Crippen LogP contribution in [0.25, 0.3) is 10.8 Å². The fourth-order valence-electron chi connectivity index (χ4n) is 4.84. The van der Waals surface area contributed by atoms with Crippen LogP contribution in [0.2, 0.25) is 0 Å². The number of nitrogens with zero attached hydrogens (tertiary/aromatic N) is 2. The van der Waals surface area contributed by atoms with Crippen molar-refractivity contribution in [1.29, 1.82) is 0 Å². The van der Waals surface area contributed by atoms with Crippen molar-refractivity contribution in [2.75, 3.05) is 23.3 Å². The molecule has 2 N–H and O–H groups in total. The molecule has 8 heteroatoms. The Morgan fingerprint density at radius 2 is 1.82 bits per heavy atom. The topological polar surface area (TPSA) is 98.8 Å². The molecule has 2 heterocycles. The summed E-state index contributed by atoms with van der Waals surface area (Å²) in [6, 6.07) is 18.0. The number of anilines is 2. The van der Waals surface area contributed by atoms with Gasteiger partial charge in [-0.2, -0.15) is 0 Å². The summed E-state index contributed by atoms with van der Waals surface area (Å²) < 4.78 is 0. The third-order valence-corrected chi connectivity index (χ3v) is 6.54. The third-order valence-electron chi connectivity index (χ3n) is 6.54. The van der Waals surface area contributed by atoms with Crippen molar-refractivity contribution in [3.63, 3.8) is 0 Å². The molecule has 0 aliphatic carbocycles. The monoisotopic (exact) mass is 456 g/mol. The molecule has 34 heavy (non-hydrogen) atoms. The molecule has 3 aromatic carbocycles. The average Bonchev–Trinajstić information content (AvgIpc) is 3.33. The second kappa shape index (κ2) is 7.98. The summed E-state index contributed by atoms with van der Waals surface area (Å²) in [5.41, 5.74) is 1.76. The maximum Gasteiger partial charge on any atom is 0.325 e. The highest BCUT2D eigenvalue weighted by molar-refractivity contribution is 6.11. The molecule has 1 unspecified atom stereocenters. The van der Waals surface area contributed by atoms with E-state index in [2.05, 4.69) is 10.6 Å². The van der Waals surface area contributed by atoms with Gasteiger partial charge in [0, 0.05) is 24.8 Å². The number of imide groups is 1. The van der Waals surface area contributed by atoms with Gasteiger partial charge >= 0.3 is 6.03 Å². The van der Waals surface area contributed by atoms with Crippen LogP contribution in [0.4, 0.5) is 16.2 Å². The van der Waals surface area contributed by atoms with Crippen molar-refractivity contribution in [2.45, 2.75) is 25.8 Å². The molecule has 0 spiro atoms. The zero-order chi connectivity index (χ0) is 24.0. The smallest absolute Gasteiger partial charge is 0.325 e. The number of amides is 5. The van der Waals surface area contributed by atoms with Crippen molar-refractivity contribution < 1.29 is 19.2 Å². The number of carbonyl (C=O) groups excluding carboxylic acids is 4. The molecule has 1 fully saturated rings. The molecule has 5 rings (SSSR count). The average molecular weight is 457 g/mol. The lowest BCUT2D eigenvalue weighted by Gasteiger charge is -2.24. The maximum atomic E-state index is 13.3. The maximum absolute atomic E-state index is 13.3. The minimum atomic E-state index is -1.28. The predicted molar refractivity (Wildman–Crippen MR) is 128 cm³/mol. The summed E-state index contributed by atoms with van der Waals surface area (Å²) in [5.74, 6) is -0.981. The van der Waals surface area contributed by atoms with E-state index >= 15 is 0 Å². The minimum Gasteiger partial charge on any atom is -0.325 e. The Morgan fingerprint density at radius 1 is 1.06 bits per heavy atom. The quantitative estimate of drug-likeness (QED) is 0.589. The molecule has 0 saturated carbocycles. The Morgan fingerprint density at radius 3 is 2.62 bits per heavy atom. The molecular weight excluding hydrogens is 432 g/mol. The van der Waals surface area contributed by atoms with Crippen LogP contribution in [-0.2, 0) is 26.3 Å². The first kappa shape index (κ1) is 21.6. The van der Waals surface area contributed by atoms with E-state index in [-0.39, 0.29) is 5.91 Å². The van der Waals surface area contributed by atoms with E-state index in [1.54, 1.807) is 24.0 Å². The Balaban J connectivity index is 1.33. The van der Waals surface area contributed by atoms with Crippen LogP contribution in [0.5, 0.6) is 0 Å². The van der Waals surface area contributed by atoms with E-state index in [0.717, 1.165) is 26.9 Å². The van der Waals surface area contributed by atoms with E-state index in [0.29, 0.717) is 24.2 Å². The van der Waals surface area contributed by atoms with Crippen LogP contribution in [0.3, 0.4) is 0 Å². The number of rotatable bonds is 4. The Labute approximate surface area is 196 Å². The normalized spacial score (nSPS) is 19.4. The third kappa shape index (κ3) is 3.48. The molecule has 0 radical (unpaired) electrons. The van der Waals surface area contributed by atoms with Gasteiger partial charge in [0.1, 0.15) is 12.1 Å². The summed E-state index contributed by atoms with van der Waals surface area (Å²) in [7, 11) is 0. The molecule has 5 amide bonds. The second-order valence-corrected chi connectivity index (χ2v) is 8.79. The first-order valence-corrected chi connectivity index (χ1v) is 11.1. The molecule has 8 nitrogen and oxygen atoms in total. The summed E-state index contributed by atoms with van der Waals surface area (Å²) in [5, 5.41) is 7.37. The van der Waals surface area contributed by atoms with Gasteiger partial charge in [-0.3, -0.25) is 19.3 Å². The fraction of sp³-hybridized carbons (Fsp3) is 0.231. The van der Waals surface area contributed by atoms with E-state index in [1.807, 2.05) is 48.5 Å². The lowest BCUT2D eigenvalue weighted by molar-refractivity contribution is -0.133. The largest absolute Gasteiger partial charge is 0.325 e. The van der Waals surface area contributed by atoms with Crippen LogP contribution in [0, 0.1) is 0 Å². The van der Waals surface area contributed by atoms with Gasteiger partial charge < -0.3 is 15.5 Å². The van der Waals surface area contributed by atoms with Crippen molar-refractivity contribution in [1.82, 2.24) is 10.2 Å². The number of carbonyl (C=O) groups is 4. The standard InChI is InChI=1S/C26H24N4O4/c1-16(31)29-13-12-18-14-19(10-11-22(18)29)27-23(32)15-30-24(33)26(2,28-25(30)34)21-9-5-7-17-6-3-4-8-20(17)21/h3-11,14H,12-13,15H2,1-2H3,(H,27,32)(H,28,34). The Bertz CT molecular complexity index is 1360. The van der Waals surface area contributed by atoms with Gasteiger partial charge in [-0.25, -0.2) is 4.79 Å². The van der Waals surface area contributed by atoms with Gasteiger partial charge in [0.05, 0.1) is 0 Å². The lowest BCUT2D eigenvalue weighted by atomic mass is 9.88. The molecular formula is C26H24N4O4. The highest BCUT2D eigenvalue weighted by atomic mass is 16.2. The van der Waals surface area contributed by atoms with Crippen LogP contribution in [-0.4, -0.2) is 41.7 Å². The predicted octanol–water partition coefficient (Wildman–Crippen LogP) is 3.15. The van der Waals surface area contributed by atoms with Gasteiger partial charge in [0.25, 0.3) is 5.91 Å². The number of hydrogen-bond donors (Lipinski definition) is 2. The molecule has 2 aliphatic heterocycles. The molecule has 0 bridgehead atoms. The number of hydrogen-bond acceptors (Lipinski definition) is 4. The SMILES string of the molecule is CC(=O)N1CCc2cc(NC(=O)CN3C(=O)NC(C)(c4cccc5ccccc45)C3=O)ccc21.